The molecule has 8 heteroatoms. The topological polar surface area (TPSA) is 105 Å². The number of aliphatic hydroxyl groups excluding tert-OH is 2. The second kappa shape index (κ2) is 7.45. The maximum atomic E-state index is 12.6. The fraction of sp³-hybridized carbons (Fsp3) is 0.727. The number of hydrogen-bond donors (Lipinski definition) is 3. The van der Waals surface area contributed by atoms with E-state index < -0.39 is 27.7 Å². The van der Waals surface area contributed by atoms with E-state index in [-0.39, 0.29) is 12.0 Å². The second-order valence-corrected chi connectivity index (χ2v) is 11.4. The van der Waals surface area contributed by atoms with Crippen LogP contribution in [-0.4, -0.2) is 56.0 Å². The van der Waals surface area contributed by atoms with Crippen molar-refractivity contribution >= 4 is 10.1 Å². The lowest BCUT2D eigenvalue weighted by Crippen LogP contribution is -2.47. The SMILES string of the molecule is C[C@]12CC[C@@H]3c4ccc(OS(=O)(=O)C5COCCN5)cc4CC[C@H]3[C@@H]1C[C@@H](O)[C@@H]2O. The number of fused-ring (bicyclic) bond motifs is 5. The highest BCUT2D eigenvalue weighted by Gasteiger charge is 2.57. The molecule has 0 amide bonds. The van der Waals surface area contributed by atoms with E-state index in [0.29, 0.717) is 43.1 Å². The molecule has 5 rings (SSSR count). The number of benzene rings is 1. The van der Waals surface area contributed by atoms with Gasteiger partial charge in [-0.15, -0.1) is 0 Å². The molecular weight excluding hydrogens is 406 g/mol. The molecule has 0 bridgehead atoms. The molecule has 3 N–H and O–H groups in total. The van der Waals surface area contributed by atoms with Gasteiger partial charge in [-0.2, -0.15) is 8.42 Å². The van der Waals surface area contributed by atoms with Gasteiger partial charge < -0.3 is 19.1 Å². The van der Waals surface area contributed by atoms with Crippen molar-refractivity contribution < 1.29 is 27.6 Å². The van der Waals surface area contributed by atoms with Gasteiger partial charge in [0.1, 0.15) is 5.75 Å². The van der Waals surface area contributed by atoms with Crippen molar-refractivity contribution in [2.24, 2.45) is 17.3 Å². The van der Waals surface area contributed by atoms with Gasteiger partial charge in [0, 0.05) is 6.54 Å². The summed E-state index contributed by atoms with van der Waals surface area (Å²) in [6, 6.07) is 5.65. The van der Waals surface area contributed by atoms with Gasteiger partial charge in [0.2, 0.25) is 0 Å². The highest BCUT2D eigenvalue weighted by Crippen LogP contribution is 2.60. The van der Waals surface area contributed by atoms with Crippen LogP contribution >= 0.6 is 0 Å². The minimum Gasteiger partial charge on any atom is -0.390 e. The molecule has 0 radical (unpaired) electrons. The maximum absolute atomic E-state index is 12.6. The van der Waals surface area contributed by atoms with Crippen LogP contribution in [0.1, 0.15) is 49.7 Å². The molecule has 1 heterocycles. The average Bonchev–Trinajstić information content (AvgIpc) is 2.97. The monoisotopic (exact) mass is 437 g/mol. The first-order valence-corrected chi connectivity index (χ1v) is 12.5. The third kappa shape index (κ3) is 3.28. The minimum atomic E-state index is -3.81. The zero-order valence-electron chi connectivity index (χ0n) is 17.3. The molecule has 7 atom stereocenters. The van der Waals surface area contributed by atoms with Crippen molar-refractivity contribution in [3.05, 3.63) is 29.3 Å². The molecule has 3 fully saturated rings. The Kier molecular flexibility index (Phi) is 5.14. The molecule has 4 aliphatic rings. The van der Waals surface area contributed by atoms with Crippen molar-refractivity contribution in [3.63, 3.8) is 0 Å². The predicted octanol–water partition coefficient (Wildman–Crippen LogP) is 1.53. The van der Waals surface area contributed by atoms with Crippen LogP contribution < -0.4 is 9.50 Å². The van der Waals surface area contributed by atoms with E-state index in [1.807, 2.05) is 12.1 Å². The zero-order valence-corrected chi connectivity index (χ0v) is 18.1. The molecule has 0 aromatic heterocycles. The lowest BCUT2D eigenvalue weighted by atomic mass is 9.55. The predicted molar refractivity (Wildman–Crippen MR) is 111 cm³/mol. The quantitative estimate of drug-likeness (QED) is 0.616. The van der Waals surface area contributed by atoms with Crippen molar-refractivity contribution in [2.75, 3.05) is 19.8 Å². The Labute approximate surface area is 177 Å². The Balaban J connectivity index is 1.36. The molecule has 1 unspecified atom stereocenters. The van der Waals surface area contributed by atoms with Gasteiger partial charge in [-0.25, -0.2) is 0 Å². The molecule has 166 valence electrons. The van der Waals surface area contributed by atoms with E-state index in [0.717, 1.165) is 31.2 Å². The number of nitrogens with one attached hydrogen (secondary N) is 1. The van der Waals surface area contributed by atoms with E-state index in [1.165, 1.54) is 5.56 Å². The van der Waals surface area contributed by atoms with Crippen LogP contribution in [0.15, 0.2) is 18.2 Å². The highest BCUT2D eigenvalue weighted by molar-refractivity contribution is 7.87. The van der Waals surface area contributed by atoms with Crippen LogP contribution in [0.4, 0.5) is 0 Å². The van der Waals surface area contributed by atoms with E-state index >= 15 is 0 Å². The second-order valence-electron chi connectivity index (χ2n) is 9.66. The highest BCUT2D eigenvalue weighted by atomic mass is 32.2. The number of hydrogen-bond acceptors (Lipinski definition) is 7. The molecule has 1 aromatic carbocycles. The van der Waals surface area contributed by atoms with Crippen LogP contribution in [0.5, 0.6) is 5.75 Å². The molecule has 7 nitrogen and oxygen atoms in total. The van der Waals surface area contributed by atoms with Crippen LogP contribution in [-0.2, 0) is 21.3 Å². The molecule has 3 aliphatic carbocycles. The first-order chi connectivity index (χ1) is 14.3. The zero-order chi connectivity index (χ0) is 21.1. The van der Waals surface area contributed by atoms with E-state index in [9.17, 15) is 18.6 Å². The summed E-state index contributed by atoms with van der Waals surface area (Å²) in [6.07, 6.45) is 3.14. The Hall–Kier alpha value is -1.19. The maximum Gasteiger partial charge on any atom is 0.327 e. The van der Waals surface area contributed by atoms with Crippen LogP contribution in [0.2, 0.25) is 0 Å². The third-order valence-electron chi connectivity index (χ3n) is 8.12. The first-order valence-electron chi connectivity index (χ1n) is 11.0. The van der Waals surface area contributed by atoms with Gasteiger partial charge in [-0.3, -0.25) is 5.32 Å². The summed E-state index contributed by atoms with van der Waals surface area (Å²) >= 11 is 0. The fourth-order valence-corrected chi connectivity index (χ4v) is 7.59. The third-order valence-corrected chi connectivity index (χ3v) is 9.54. The van der Waals surface area contributed by atoms with Crippen molar-refractivity contribution in [2.45, 2.75) is 62.5 Å². The van der Waals surface area contributed by atoms with E-state index in [4.69, 9.17) is 8.92 Å². The summed E-state index contributed by atoms with van der Waals surface area (Å²) in [5.74, 6) is 1.51. The number of aliphatic hydroxyl groups is 2. The molecule has 2 saturated carbocycles. The number of rotatable bonds is 3. The lowest BCUT2D eigenvalue weighted by molar-refractivity contribution is -0.0505. The number of aryl methyl sites for hydroxylation is 1. The van der Waals surface area contributed by atoms with Gasteiger partial charge >= 0.3 is 10.1 Å². The Bertz CT molecular complexity index is 914. The van der Waals surface area contributed by atoms with Gasteiger partial charge in [-0.05, 0) is 78.5 Å². The summed E-state index contributed by atoms with van der Waals surface area (Å²) in [6.45, 7) is 3.22. The summed E-state index contributed by atoms with van der Waals surface area (Å²) in [7, 11) is -3.81. The van der Waals surface area contributed by atoms with Crippen molar-refractivity contribution in [1.82, 2.24) is 5.32 Å². The Morgan fingerprint density at radius 1 is 1.27 bits per heavy atom. The molecule has 1 aromatic rings. The Morgan fingerprint density at radius 3 is 2.87 bits per heavy atom. The molecule has 1 saturated heterocycles. The van der Waals surface area contributed by atoms with Gasteiger partial charge in [0.15, 0.2) is 5.37 Å². The van der Waals surface area contributed by atoms with Crippen molar-refractivity contribution in [1.29, 1.82) is 0 Å². The van der Waals surface area contributed by atoms with E-state index in [1.54, 1.807) is 6.07 Å². The molecule has 0 spiro atoms. The lowest BCUT2D eigenvalue weighted by Gasteiger charge is -2.49. The molecular formula is C22H31NO6S. The van der Waals surface area contributed by atoms with Crippen molar-refractivity contribution in [3.8, 4) is 5.75 Å². The summed E-state index contributed by atoms with van der Waals surface area (Å²) in [5, 5.41) is 22.9. The summed E-state index contributed by atoms with van der Waals surface area (Å²) < 4.78 is 35.8. The van der Waals surface area contributed by atoms with Gasteiger partial charge in [-0.1, -0.05) is 13.0 Å². The Morgan fingerprint density at radius 2 is 2.10 bits per heavy atom. The average molecular weight is 438 g/mol. The standard InChI is InChI=1S/C22H31NO6S/c1-22-7-6-16-15-5-3-14(29-30(26,27)20-12-28-9-8-23-20)10-13(15)2-4-17(16)18(22)11-19(24)21(22)25/h3,5,10,16-21,23-25H,2,4,6-9,11-12H2,1H3/t16-,17-,18+,19-,20?,21+,22+/m1/s1. The van der Waals surface area contributed by atoms with Crippen LogP contribution in [0.25, 0.3) is 0 Å². The summed E-state index contributed by atoms with van der Waals surface area (Å²) in [5.41, 5.74) is 2.22. The number of ether oxygens (including phenoxy) is 1. The van der Waals surface area contributed by atoms with Gasteiger partial charge in [0.25, 0.3) is 0 Å². The van der Waals surface area contributed by atoms with Crippen LogP contribution in [0, 0.1) is 17.3 Å². The smallest absolute Gasteiger partial charge is 0.327 e. The van der Waals surface area contributed by atoms with E-state index in [2.05, 4.69) is 12.2 Å². The minimum absolute atomic E-state index is 0.0921. The normalized spacial score (nSPS) is 40.9. The largest absolute Gasteiger partial charge is 0.390 e. The first kappa shape index (κ1) is 20.7. The summed E-state index contributed by atoms with van der Waals surface area (Å²) in [4.78, 5) is 0. The fourth-order valence-electron chi connectivity index (χ4n) is 6.52. The van der Waals surface area contributed by atoms with Crippen LogP contribution in [0.3, 0.4) is 0 Å². The molecule has 30 heavy (non-hydrogen) atoms. The van der Waals surface area contributed by atoms with Gasteiger partial charge in [0.05, 0.1) is 25.4 Å². The molecule has 1 aliphatic heterocycles. The number of morpholine rings is 1.